The summed E-state index contributed by atoms with van der Waals surface area (Å²) in [5.74, 6) is 0.533. The van der Waals surface area contributed by atoms with E-state index in [1.807, 2.05) is 4.90 Å². The van der Waals surface area contributed by atoms with Gasteiger partial charge in [0.15, 0.2) is 11.5 Å². The predicted molar refractivity (Wildman–Crippen MR) is 74.8 cm³/mol. The molecule has 1 spiro atoms. The lowest BCUT2D eigenvalue weighted by atomic mass is 9.74. The first kappa shape index (κ1) is 14.5. The zero-order valence-electron chi connectivity index (χ0n) is 12.6. The number of carbonyl (C=O) groups is 1. The summed E-state index contributed by atoms with van der Waals surface area (Å²) in [5.41, 5.74) is 0.588. The lowest BCUT2D eigenvalue weighted by molar-refractivity contribution is 0.0000501. The van der Waals surface area contributed by atoms with Crippen LogP contribution in [0.5, 0.6) is 0 Å². The summed E-state index contributed by atoms with van der Waals surface area (Å²) in [5, 5.41) is 3.88. The highest BCUT2D eigenvalue weighted by Crippen LogP contribution is 2.45. The van der Waals surface area contributed by atoms with E-state index in [1.165, 1.54) is 0 Å². The molecule has 2 fully saturated rings. The molecule has 1 aromatic rings. The Hall–Kier alpha value is -1.40. The minimum Gasteiger partial charge on any atom is -0.381 e. The first-order valence-electron chi connectivity index (χ1n) is 7.49. The molecule has 6 nitrogen and oxygen atoms in total. The van der Waals surface area contributed by atoms with Crippen molar-refractivity contribution in [3.05, 3.63) is 17.5 Å². The molecule has 1 atom stereocenters. The van der Waals surface area contributed by atoms with E-state index in [2.05, 4.69) is 12.1 Å². The van der Waals surface area contributed by atoms with Crippen LogP contribution in [0.15, 0.2) is 10.6 Å². The van der Waals surface area contributed by atoms with E-state index in [9.17, 15) is 4.79 Å². The van der Waals surface area contributed by atoms with Gasteiger partial charge in [-0.1, -0.05) is 5.16 Å². The van der Waals surface area contributed by atoms with Crippen molar-refractivity contribution in [1.29, 1.82) is 0 Å². The van der Waals surface area contributed by atoms with E-state index in [1.54, 1.807) is 13.2 Å². The molecule has 0 bridgehead atoms. The Bertz CT molecular complexity index is 508. The van der Waals surface area contributed by atoms with E-state index in [-0.39, 0.29) is 17.4 Å². The van der Waals surface area contributed by atoms with Gasteiger partial charge in [-0.25, -0.2) is 0 Å². The van der Waals surface area contributed by atoms with Crippen molar-refractivity contribution in [2.24, 2.45) is 5.41 Å². The highest BCUT2D eigenvalue weighted by Gasteiger charge is 2.47. The molecule has 3 rings (SSSR count). The van der Waals surface area contributed by atoms with Gasteiger partial charge in [-0.3, -0.25) is 4.79 Å². The summed E-state index contributed by atoms with van der Waals surface area (Å²) < 4.78 is 15.6. The van der Waals surface area contributed by atoms with Crippen molar-refractivity contribution >= 4 is 5.91 Å². The van der Waals surface area contributed by atoms with Gasteiger partial charge in [-0.15, -0.1) is 0 Å². The second-order valence-electron chi connectivity index (χ2n) is 6.01. The molecule has 116 valence electrons. The van der Waals surface area contributed by atoms with Gasteiger partial charge < -0.3 is 18.9 Å². The van der Waals surface area contributed by atoms with Gasteiger partial charge in [0.1, 0.15) is 6.61 Å². The van der Waals surface area contributed by atoms with Crippen LogP contribution in [0.3, 0.4) is 0 Å². The zero-order valence-corrected chi connectivity index (χ0v) is 12.6. The second-order valence-corrected chi connectivity index (χ2v) is 6.01. The second kappa shape index (κ2) is 5.77. The molecule has 21 heavy (non-hydrogen) atoms. The molecule has 3 heterocycles. The number of aromatic nitrogens is 1. The Morgan fingerprint density at radius 2 is 2.24 bits per heavy atom. The van der Waals surface area contributed by atoms with Crippen LogP contribution >= 0.6 is 0 Å². The number of methoxy groups -OCH3 is 1. The predicted octanol–water partition coefficient (Wildman–Crippen LogP) is 1.85. The summed E-state index contributed by atoms with van der Waals surface area (Å²) in [7, 11) is 1.58. The number of likely N-dealkylation sites (tertiary alicyclic amines) is 1. The standard InChI is InChI=1S/C15H22N2O4/c1-11-15(4-7-20-8-5-15)3-6-17(11)14(18)13-9-12(10-19-2)21-16-13/h9,11H,3-8,10H2,1-2H3. The van der Waals surface area contributed by atoms with Gasteiger partial charge in [0.25, 0.3) is 5.91 Å². The molecule has 0 aliphatic carbocycles. The fourth-order valence-electron chi connectivity index (χ4n) is 3.57. The number of rotatable bonds is 3. The molecule has 2 saturated heterocycles. The van der Waals surface area contributed by atoms with E-state index < -0.39 is 0 Å². The Morgan fingerprint density at radius 1 is 1.48 bits per heavy atom. The third kappa shape index (κ3) is 2.58. The van der Waals surface area contributed by atoms with Crippen LogP contribution in [0.1, 0.15) is 42.4 Å². The minimum atomic E-state index is -0.0445. The highest BCUT2D eigenvalue weighted by atomic mass is 16.5. The van der Waals surface area contributed by atoms with Crippen LogP contribution in [0, 0.1) is 5.41 Å². The molecule has 6 heteroatoms. The van der Waals surface area contributed by atoms with Gasteiger partial charge in [0.2, 0.25) is 0 Å². The first-order valence-corrected chi connectivity index (χ1v) is 7.49. The summed E-state index contributed by atoms with van der Waals surface area (Å²) in [6.45, 7) is 4.86. The van der Waals surface area contributed by atoms with Crippen LogP contribution in [0.25, 0.3) is 0 Å². The Labute approximate surface area is 124 Å². The van der Waals surface area contributed by atoms with E-state index >= 15 is 0 Å². The lowest BCUT2D eigenvalue weighted by Gasteiger charge is -2.38. The Kier molecular flexibility index (Phi) is 3.99. The molecule has 0 saturated carbocycles. The van der Waals surface area contributed by atoms with E-state index in [0.29, 0.717) is 18.1 Å². The van der Waals surface area contributed by atoms with Crippen molar-refractivity contribution in [2.45, 2.75) is 38.8 Å². The molecule has 1 amide bonds. The van der Waals surface area contributed by atoms with Gasteiger partial charge in [0.05, 0.1) is 0 Å². The number of ether oxygens (including phenoxy) is 2. The fourth-order valence-corrected chi connectivity index (χ4v) is 3.57. The van der Waals surface area contributed by atoms with Gasteiger partial charge in [-0.05, 0) is 31.6 Å². The maximum atomic E-state index is 12.6. The molecule has 0 aromatic carbocycles. The third-order valence-corrected chi connectivity index (χ3v) is 5.02. The lowest BCUT2D eigenvalue weighted by Crippen LogP contribution is -2.43. The van der Waals surface area contributed by atoms with Crippen molar-refractivity contribution in [1.82, 2.24) is 10.1 Å². The molecule has 2 aliphatic heterocycles. The maximum Gasteiger partial charge on any atom is 0.276 e. The monoisotopic (exact) mass is 294 g/mol. The molecule has 2 aliphatic rings. The van der Waals surface area contributed by atoms with Gasteiger partial charge >= 0.3 is 0 Å². The summed E-state index contributed by atoms with van der Waals surface area (Å²) in [6, 6.07) is 1.89. The molecule has 1 unspecified atom stereocenters. The van der Waals surface area contributed by atoms with Crippen LogP contribution in [-0.2, 0) is 16.1 Å². The van der Waals surface area contributed by atoms with Crippen LogP contribution < -0.4 is 0 Å². The minimum absolute atomic E-state index is 0.0445. The first-order chi connectivity index (χ1) is 10.2. The van der Waals surface area contributed by atoms with Crippen LogP contribution in [-0.4, -0.2) is 48.9 Å². The van der Waals surface area contributed by atoms with Crippen molar-refractivity contribution in [3.63, 3.8) is 0 Å². The number of hydrogen-bond acceptors (Lipinski definition) is 5. The topological polar surface area (TPSA) is 64.8 Å². The summed E-state index contributed by atoms with van der Waals surface area (Å²) >= 11 is 0. The van der Waals surface area contributed by atoms with E-state index in [4.69, 9.17) is 14.0 Å². The van der Waals surface area contributed by atoms with Crippen molar-refractivity contribution in [3.8, 4) is 0 Å². The number of hydrogen-bond donors (Lipinski definition) is 0. The highest BCUT2D eigenvalue weighted by molar-refractivity contribution is 5.92. The molecule has 1 aromatic heterocycles. The summed E-state index contributed by atoms with van der Waals surface area (Å²) in [4.78, 5) is 14.6. The smallest absolute Gasteiger partial charge is 0.276 e. The van der Waals surface area contributed by atoms with E-state index in [0.717, 1.165) is 39.0 Å². The molecular weight excluding hydrogens is 272 g/mol. The number of amides is 1. The van der Waals surface area contributed by atoms with Crippen LogP contribution in [0.2, 0.25) is 0 Å². The number of nitrogens with zero attached hydrogens (tertiary/aromatic N) is 2. The normalized spacial score (nSPS) is 24.7. The average molecular weight is 294 g/mol. The maximum absolute atomic E-state index is 12.6. The largest absolute Gasteiger partial charge is 0.381 e. The summed E-state index contributed by atoms with van der Waals surface area (Å²) in [6.07, 6.45) is 3.11. The quantitative estimate of drug-likeness (QED) is 0.851. The molecular formula is C15H22N2O4. The van der Waals surface area contributed by atoms with Crippen molar-refractivity contribution in [2.75, 3.05) is 26.9 Å². The van der Waals surface area contributed by atoms with Gasteiger partial charge in [-0.2, -0.15) is 0 Å². The SMILES string of the molecule is COCc1cc(C(=O)N2CCC3(CCOCC3)C2C)no1. The van der Waals surface area contributed by atoms with Crippen LogP contribution in [0.4, 0.5) is 0 Å². The molecule has 0 N–H and O–H groups in total. The molecule has 0 radical (unpaired) electrons. The Balaban J connectivity index is 1.73. The van der Waals surface area contributed by atoms with Gasteiger partial charge in [0, 0.05) is 39.0 Å². The number of carbonyl (C=O) groups excluding carboxylic acids is 1. The fraction of sp³-hybridized carbons (Fsp3) is 0.733. The third-order valence-electron chi connectivity index (χ3n) is 5.02. The average Bonchev–Trinajstić information content (AvgIpc) is 3.07. The zero-order chi connectivity index (χ0) is 14.9. The Morgan fingerprint density at radius 3 is 2.95 bits per heavy atom. The van der Waals surface area contributed by atoms with Crippen molar-refractivity contribution < 1.29 is 18.8 Å².